The van der Waals surface area contributed by atoms with Gasteiger partial charge in [0.25, 0.3) is 0 Å². The first-order valence-electron chi connectivity index (χ1n) is 9.78. The molecule has 0 amide bonds. The predicted molar refractivity (Wildman–Crippen MR) is 102 cm³/mol. The number of fused-ring (bicyclic) bond motifs is 1. The lowest BCUT2D eigenvalue weighted by Gasteiger charge is -2.35. The SMILES string of the molecule is CCOC(=O)C1(CC(=O)[C@H](N)CC2=CCc3ccccc32)CCCCC1. The van der Waals surface area contributed by atoms with Gasteiger partial charge >= 0.3 is 5.97 Å². The third kappa shape index (κ3) is 3.90. The predicted octanol–water partition coefficient (Wildman–Crippen LogP) is 3.82. The standard InChI is InChI=1S/C22H29NO3/c1-2-26-21(25)22(12-6-3-7-13-22)15-20(24)19(23)14-17-11-10-16-8-4-5-9-18(16)17/h4-5,8-9,11,19H,2-3,6-7,10,12-15,23H2,1H3/t19-/m1/s1. The zero-order valence-corrected chi connectivity index (χ0v) is 15.6. The van der Waals surface area contributed by atoms with E-state index >= 15 is 0 Å². The molecule has 1 aromatic carbocycles. The van der Waals surface area contributed by atoms with Gasteiger partial charge in [-0.05, 0) is 49.3 Å². The van der Waals surface area contributed by atoms with Crippen LogP contribution in [0.1, 0.15) is 63.0 Å². The van der Waals surface area contributed by atoms with Gasteiger partial charge in [0.1, 0.15) is 0 Å². The van der Waals surface area contributed by atoms with E-state index in [9.17, 15) is 9.59 Å². The summed E-state index contributed by atoms with van der Waals surface area (Å²) >= 11 is 0. The van der Waals surface area contributed by atoms with Crippen molar-refractivity contribution in [2.24, 2.45) is 11.1 Å². The molecule has 26 heavy (non-hydrogen) atoms. The van der Waals surface area contributed by atoms with E-state index < -0.39 is 11.5 Å². The Morgan fingerprint density at radius 1 is 1.19 bits per heavy atom. The van der Waals surface area contributed by atoms with Crippen LogP contribution in [0.4, 0.5) is 0 Å². The molecule has 1 aromatic rings. The van der Waals surface area contributed by atoms with Gasteiger partial charge in [-0.15, -0.1) is 0 Å². The zero-order chi connectivity index (χ0) is 18.6. The molecule has 0 heterocycles. The third-order valence-electron chi connectivity index (χ3n) is 5.82. The monoisotopic (exact) mass is 355 g/mol. The fourth-order valence-electron chi connectivity index (χ4n) is 4.33. The average Bonchev–Trinajstić information content (AvgIpc) is 3.05. The van der Waals surface area contributed by atoms with Crippen molar-refractivity contribution >= 4 is 17.3 Å². The smallest absolute Gasteiger partial charge is 0.312 e. The molecule has 0 aromatic heterocycles. The van der Waals surface area contributed by atoms with Crippen molar-refractivity contribution in [2.45, 2.75) is 64.3 Å². The second-order valence-corrected chi connectivity index (χ2v) is 7.61. The number of nitrogens with two attached hydrogens (primary N) is 1. The maximum absolute atomic E-state index is 12.9. The highest BCUT2D eigenvalue weighted by atomic mass is 16.5. The van der Waals surface area contributed by atoms with Crippen LogP contribution in [0.25, 0.3) is 5.57 Å². The highest BCUT2D eigenvalue weighted by Crippen LogP contribution is 2.41. The second-order valence-electron chi connectivity index (χ2n) is 7.61. The van der Waals surface area contributed by atoms with Crippen molar-refractivity contribution in [3.63, 3.8) is 0 Å². The molecule has 0 spiro atoms. The van der Waals surface area contributed by atoms with Crippen LogP contribution < -0.4 is 5.73 Å². The number of rotatable bonds is 7. The van der Waals surface area contributed by atoms with Crippen molar-refractivity contribution in [2.75, 3.05) is 6.61 Å². The molecule has 3 rings (SSSR count). The molecule has 2 aliphatic rings. The Labute approximate surface area is 155 Å². The van der Waals surface area contributed by atoms with Crippen LogP contribution in [0.2, 0.25) is 0 Å². The van der Waals surface area contributed by atoms with Crippen LogP contribution >= 0.6 is 0 Å². The number of allylic oxidation sites excluding steroid dienone is 1. The number of hydrogen-bond acceptors (Lipinski definition) is 4. The molecule has 1 atom stereocenters. The Morgan fingerprint density at radius 2 is 1.92 bits per heavy atom. The number of carbonyl (C=O) groups excluding carboxylic acids is 2. The summed E-state index contributed by atoms with van der Waals surface area (Å²) in [7, 11) is 0. The average molecular weight is 355 g/mol. The summed E-state index contributed by atoms with van der Waals surface area (Å²) in [6, 6.07) is 7.69. The third-order valence-corrected chi connectivity index (χ3v) is 5.82. The molecule has 4 heteroatoms. The number of benzene rings is 1. The molecule has 4 nitrogen and oxygen atoms in total. The van der Waals surface area contributed by atoms with Crippen molar-refractivity contribution in [3.05, 3.63) is 41.5 Å². The van der Waals surface area contributed by atoms with Gasteiger partial charge in [0, 0.05) is 6.42 Å². The van der Waals surface area contributed by atoms with Gasteiger partial charge in [0.2, 0.25) is 0 Å². The lowest BCUT2D eigenvalue weighted by atomic mass is 9.70. The minimum absolute atomic E-state index is 0.0229. The first kappa shape index (κ1) is 18.8. The minimum Gasteiger partial charge on any atom is -0.466 e. The van der Waals surface area contributed by atoms with Gasteiger partial charge in [-0.2, -0.15) is 0 Å². The lowest BCUT2D eigenvalue weighted by molar-refractivity contribution is -0.160. The molecule has 0 bridgehead atoms. The summed E-state index contributed by atoms with van der Waals surface area (Å²) in [5.74, 6) is -0.240. The molecule has 0 unspecified atom stereocenters. The van der Waals surface area contributed by atoms with Gasteiger partial charge in [0.15, 0.2) is 5.78 Å². The molecule has 0 aliphatic heterocycles. The number of esters is 1. The molecule has 2 aliphatic carbocycles. The summed E-state index contributed by atoms with van der Waals surface area (Å²) in [6.45, 7) is 2.16. The van der Waals surface area contributed by atoms with E-state index in [0.717, 1.165) is 44.1 Å². The summed E-state index contributed by atoms with van der Waals surface area (Å²) < 4.78 is 5.30. The van der Waals surface area contributed by atoms with E-state index in [0.29, 0.717) is 13.0 Å². The van der Waals surface area contributed by atoms with E-state index in [4.69, 9.17) is 10.5 Å². The van der Waals surface area contributed by atoms with Gasteiger partial charge < -0.3 is 10.5 Å². The second kappa shape index (κ2) is 8.17. The van der Waals surface area contributed by atoms with Crippen LogP contribution in [0, 0.1) is 5.41 Å². The normalized spacial score (nSPS) is 19.4. The Bertz CT molecular complexity index is 701. The largest absolute Gasteiger partial charge is 0.466 e. The van der Waals surface area contributed by atoms with E-state index in [1.807, 2.05) is 19.1 Å². The number of hydrogen-bond donors (Lipinski definition) is 1. The minimum atomic E-state index is -0.662. The Kier molecular flexibility index (Phi) is 5.92. The van der Waals surface area contributed by atoms with E-state index in [2.05, 4.69) is 18.2 Å². The number of ether oxygens (including phenoxy) is 1. The van der Waals surface area contributed by atoms with Crippen molar-refractivity contribution in [1.29, 1.82) is 0 Å². The maximum atomic E-state index is 12.9. The van der Waals surface area contributed by atoms with Crippen molar-refractivity contribution < 1.29 is 14.3 Å². The summed E-state index contributed by atoms with van der Waals surface area (Å²) in [5.41, 5.74) is 9.24. The van der Waals surface area contributed by atoms with E-state index in [1.54, 1.807) is 0 Å². The zero-order valence-electron chi connectivity index (χ0n) is 15.6. The quantitative estimate of drug-likeness (QED) is 0.755. The van der Waals surface area contributed by atoms with Crippen LogP contribution in [0.3, 0.4) is 0 Å². The Morgan fingerprint density at radius 3 is 2.65 bits per heavy atom. The van der Waals surface area contributed by atoms with Crippen molar-refractivity contribution in [3.8, 4) is 0 Å². The molecular formula is C22H29NO3. The van der Waals surface area contributed by atoms with Crippen LogP contribution in [0.5, 0.6) is 0 Å². The van der Waals surface area contributed by atoms with Gasteiger partial charge in [-0.1, -0.05) is 49.6 Å². The van der Waals surface area contributed by atoms with Gasteiger partial charge in [0.05, 0.1) is 18.1 Å². The fraction of sp³-hybridized carbons (Fsp3) is 0.545. The molecule has 140 valence electrons. The highest BCUT2D eigenvalue weighted by Gasteiger charge is 2.43. The summed E-state index contributed by atoms with van der Waals surface area (Å²) in [6.07, 6.45) is 8.34. The van der Waals surface area contributed by atoms with Crippen LogP contribution in [-0.4, -0.2) is 24.4 Å². The molecule has 0 radical (unpaired) electrons. The van der Waals surface area contributed by atoms with E-state index in [1.165, 1.54) is 11.1 Å². The first-order chi connectivity index (χ1) is 12.6. The molecular weight excluding hydrogens is 326 g/mol. The Balaban J connectivity index is 1.67. The number of Topliss-reactive ketones (excluding diaryl/α,β-unsaturated/α-hetero) is 1. The number of carbonyl (C=O) groups is 2. The highest BCUT2D eigenvalue weighted by molar-refractivity contribution is 5.91. The molecule has 2 N–H and O–H groups in total. The van der Waals surface area contributed by atoms with Crippen molar-refractivity contribution in [1.82, 2.24) is 0 Å². The molecule has 1 saturated carbocycles. The van der Waals surface area contributed by atoms with Crippen LogP contribution in [-0.2, 0) is 20.7 Å². The fourth-order valence-corrected chi connectivity index (χ4v) is 4.33. The van der Waals surface area contributed by atoms with Gasteiger partial charge in [-0.3, -0.25) is 9.59 Å². The number of ketones is 1. The maximum Gasteiger partial charge on any atom is 0.312 e. The lowest BCUT2D eigenvalue weighted by Crippen LogP contribution is -2.41. The first-order valence-corrected chi connectivity index (χ1v) is 9.78. The summed E-state index contributed by atoms with van der Waals surface area (Å²) in [5, 5.41) is 0. The Hall–Kier alpha value is -1.94. The molecule has 1 fully saturated rings. The molecule has 0 saturated heterocycles. The topological polar surface area (TPSA) is 69.4 Å². The van der Waals surface area contributed by atoms with Gasteiger partial charge in [-0.25, -0.2) is 0 Å². The van der Waals surface area contributed by atoms with E-state index in [-0.39, 0.29) is 18.2 Å². The van der Waals surface area contributed by atoms with Crippen LogP contribution in [0.15, 0.2) is 30.3 Å². The summed E-state index contributed by atoms with van der Waals surface area (Å²) in [4.78, 5) is 25.4.